The predicted octanol–water partition coefficient (Wildman–Crippen LogP) is 4.35. The van der Waals surface area contributed by atoms with E-state index in [1.165, 1.54) is 10.9 Å². The number of hydrogen-bond acceptors (Lipinski definition) is 2. The minimum atomic E-state index is -1.67. The highest BCUT2D eigenvalue weighted by molar-refractivity contribution is 6.64. The van der Waals surface area contributed by atoms with Crippen molar-refractivity contribution in [2.75, 3.05) is 0 Å². The molecular weight excluding hydrogens is 305 g/mol. The van der Waals surface area contributed by atoms with Gasteiger partial charge in [0.15, 0.2) is 0 Å². The van der Waals surface area contributed by atoms with Crippen LogP contribution in [0.3, 0.4) is 0 Å². The molecule has 0 aliphatic rings. The maximum atomic E-state index is 9.22. The van der Waals surface area contributed by atoms with Crippen LogP contribution in [0, 0.1) is 11.3 Å². The number of imidazole rings is 1. The van der Waals surface area contributed by atoms with E-state index in [1.807, 2.05) is 6.07 Å². The van der Waals surface area contributed by atoms with E-state index in [0.29, 0.717) is 16.8 Å². The molecule has 0 unspecified atom stereocenters. The van der Waals surface area contributed by atoms with Crippen molar-refractivity contribution in [1.29, 1.82) is 5.26 Å². The highest BCUT2D eigenvalue weighted by Gasteiger charge is 2.26. The molecule has 1 aromatic carbocycles. The predicted molar refractivity (Wildman–Crippen MR) is 78.0 cm³/mol. The lowest BCUT2D eigenvalue weighted by molar-refractivity contribution is 0.794. The molecule has 0 N–H and O–H groups in total. The van der Waals surface area contributed by atoms with Gasteiger partial charge in [-0.3, -0.25) is 4.57 Å². The Morgan fingerprint density at radius 1 is 1.37 bits per heavy atom. The maximum absolute atomic E-state index is 9.22. The SMILES string of the molecule is C=Cc1cccc(C#N)c1-c1cncn1C(Cl)(Cl)Cl. The first-order valence-corrected chi connectivity index (χ1v) is 6.38. The summed E-state index contributed by atoms with van der Waals surface area (Å²) < 4.78 is -0.298. The van der Waals surface area contributed by atoms with Crippen LogP contribution in [-0.4, -0.2) is 9.55 Å². The maximum Gasteiger partial charge on any atom is 0.273 e. The van der Waals surface area contributed by atoms with Crippen LogP contribution in [0.15, 0.2) is 37.3 Å². The zero-order valence-corrected chi connectivity index (χ0v) is 11.9. The van der Waals surface area contributed by atoms with Crippen molar-refractivity contribution in [3.63, 3.8) is 0 Å². The molecule has 1 heterocycles. The molecule has 0 radical (unpaired) electrons. The minimum absolute atomic E-state index is 0.466. The second-order valence-corrected chi connectivity index (χ2v) is 5.92. The molecule has 1 aromatic heterocycles. The van der Waals surface area contributed by atoms with E-state index >= 15 is 0 Å². The van der Waals surface area contributed by atoms with Crippen LogP contribution in [0.1, 0.15) is 11.1 Å². The number of hydrogen-bond donors (Lipinski definition) is 0. The Hall–Kier alpha value is -1.47. The van der Waals surface area contributed by atoms with Gasteiger partial charge in [0, 0.05) is 5.56 Å². The highest BCUT2D eigenvalue weighted by Crippen LogP contribution is 2.38. The van der Waals surface area contributed by atoms with Crippen LogP contribution < -0.4 is 0 Å². The van der Waals surface area contributed by atoms with Crippen molar-refractivity contribution in [2.45, 2.75) is 3.92 Å². The zero-order valence-electron chi connectivity index (χ0n) is 9.65. The molecule has 96 valence electrons. The molecule has 0 amide bonds. The van der Waals surface area contributed by atoms with E-state index in [1.54, 1.807) is 24.4 Å². The number of halogens is 3. The normalized spacial score (nSPS) is 11.1. The van der Waals surface area contributed by atoms with Crippen molar-refractivity contribution >= 4 is 40.9 Å². The van der Waals surface area contributed by atoms with E-state index in [0.717, 1.165) is 5.56 Å². The Bertz CT molecular complexity index is 663. The number of benzene rings is 1. The number of nitriles is 1. The summed E-state index contributed by atoms with van der Waals surface area (Å²) in [5.74, 6) is 0. The molecule has 0 aliphatic carbocycles. The number of alkyl halides is 3. The van der Waals surface area contributed by atoms with Crippen LogP contribution in [0.2, 0.25) is 0 Å². The van der Waals surface area contributed by atoms with E-state index in [-0.39, 0.29) is 0 Å². The molecule has 0 bridgehead atoms. The fourth-order valence-electron chi connectivity index (χ4n) is 1.80. The Morgan fingerprint density at radius 3 is 2.68 bits per heavy atom. The first-order chi connectivity index (χ1) is 8.99. The van der Waals surface area contributed by atoms with E-state index in [4.69, 9.17) is 34.8 Å². The summed E-state index contributed by atoms with van der Waals surface area (Å²) in [5.41, 5.74) is 2.43. The van der Waals surface area contributed by atoms with E-state index in [9.17, 15) is 5.26 Å². The molecular formula is C13H8Cl3N3. The van der Waals surface area contributed by atoms with Gasteiger partial charge in [-0.05, 0) is 11.6 Å². The van der Waals surface area contributed by atoms with Crippen molar-refractivity contribution in [3.05, 3.63) is 48.4 Å². The molecule has 0 saturated heterocycles. The number of rotatable bonds is 2. The fourth-order valence-corrected chi connectivity index (χ4v) is 2.21. The Morgan fingerprint density at radius 2 is 2.11 bits per heavy atom. The van der Waals surface area contributed by atoms with Crippen molar-refractivity contribution in [1.82, 2.24) is 9.55 Å². The third-order valence-corrected chi connectivity index (χ3v) is 3.15. The lowest BCUT2D eigenvalue weighted by Crippen LogP contribution is -2.13. The summed E-state index contributed by atoms with van der Waals surface area (Å²) in [6, 6.07) is 7.42. The summed E-state index contributed by atoms with van der Waals surface area (Å²) in [6.45, 7) is 3.73. The van der Waals surface area contributed by atoms with Gasteiger partial charge in [0.25, 0.3) is 3.92 Å². The molecule has 0 spiro atoms. The van der Waals surface area contributed by atoms with Crippen molar-refractivity contribution < 1.29 is 0 Å². The van der Waals surface area contributed by atoms with Gasteiger partial charge in [0.05, 0.1) is 29.9 Å². The standard InChI is InChI=1S/C13H8Cl3N3/c1-2-9-4-3-5-10(6-17)12(9)11-7-18-8-19(11)13(14,15)16/h2-5,7-8H,1H2. The average Bonchev–Trinajstić information content (AvgIpc) is 2.86. The lowest BCUT2D eigenvalue weighted by atomic mass is 9.99. The molecule has 0 fully saturated rings. The number of aromatic nitrogens is 2. The molecule has 2 rings (SSSR count). The van der Waals surface area contributed by atoms with Gasteiger partial charge < -0.3 is 0 Å². The van der Waals surface area contributed by atoms with E-state index < -0.39 is 3.92 Å². The van der Waals surface area contributed by atoms with Gasteiger partial charge in [0.2, 0.25) is 0 Å². The van der Waals surface area contributed by atoms with Crippen molar-refractivity contribution in [2.24, 2.45) is 0 Å². The second-order valence-electron chi connectivity index (χ2n) is 3.70. The first-order valence-electron chi connectivity index (χ1n) is 5.24. The summed E-state index contributed by atoms with van der Waals surface area (Å²) >= 11 is 17.7. The van der Waals surface area contributed by atoms with Gasteiger partial charge in [-0.25, -0.2) is 4.98 Å². The van der Waals surface area contributed by atoms with Crippen LogP contribution in [-0.2, 0) is 3.92 Å². The Kier molecular flexibility index (Phi) is 3.86. The summed E-state index contributed by atoms with van der Waals surface area (Å²) in [7, 11) is 0. The van der Waals surface area contributed by atoms with Gasteiger partial charge in [-0.2, -0.15) is 5.26 Å². The third-order valence-electron chi connectivity index (χ3n) is 2.60. The largest absolute Gasteiger partial charge is 0.285 e. The van der Waals surface area contributed by atoms with Crippen LogP contribution >= 0.6 is 34.8 Å². The van der Waals surface area contributed by atoms with Gasteiger partial charge >= 0.3 is 0 Å². The molecule has 6 heteroatoms. The molecule has 19 heavy (non-hydrogen) atoms. The number of nitrogens with zero attached hydrogens (tertiary/aromatic N) is 3. The van der Waals surface area contributed by atoms with Crippen LogP contribution in [0.25, 0.3) is 17.3 Å². The molecule has 0 atom stereocenters. The smallest absolute Gasteiger partial charge is 0.273 e. The topological polar surface area (TPSA) is 41.6 Å². The highest BCUT2D eigenvalue weighted by atomic mass is 35.6. The van der Waals surface area contributed by atoms with E-state index in [2.05, 4.69) is 17.6 Å². The molecule has 2 aromatic rings. The Balaban J connectivity index is 2.77. The summed E-state index contributed by atoms with van der Waals surface area (Å²) in [4.78, 5) is 3.98. The fraction of sp³-hybridized carbons (Fsp3) is 0.0769. The zero-order chi connectivity index (χ0) is 14.0. The molecule has 3 nitrogen and oxygen atoms in total. The van der Waals surface area contributed by atoms with Gasteiger partial charge in [-0.1, -0.05) is 59.6 Å². The minimum Gasteiger partial charge on any atom is -0.285 e. The van der Waals surface area contributed by atoms with Crippen LogP contribution in [0.4, 0.5) is 0 Å². The Labute approximate surface area is 125 Å². The average molecular weight is 313 g/mol. The lowest BCUT2D eigenvalue weighted by Gasteiger charge is -2.17. The summed E-state index contributed by atoms with van der Waals surface area (Å²) in [5, 5.41) is 9.22. The molecule has 0 saturated carbocycles. The quantitative estimate of drug-likeness (QED) is 0.774. The third kappa shape index (κ3) is 2.62. The monoisotopic (exact) mass is 311 g/mol. The first kappa shape index (κ1) is 14.0. The molecule has 0 aliphatic heterocycles. The second kappa shape index (κ2) is 5.26. The summed E-state index contributed by atoms with van der Waals surface area (Å²) in [6.07, 6.45) is 4.60. The van der Waals surface area contributed by atoms with Crippen LogP contribution in [0.5, 0.6) is 0 Å². The van der Waals surface area contributed by atoms with Crippen molar-refractivity contribution in [3.8, 4) is 17.3 Å². The van der Waals surface area contributed by atoms with Gasteiger partial charge in [-0.15, -0.1) is 0 Å². The van der Waals surface area contributed by atoms with Gasteiger partial charge in [0.1, 0.15) is 0 Å².